The SMILES string of the molecule is [2H]c1c(-c2ccccc2)c([2H])c2c(oc3c([2H])c(-c4nc(-c5ccccc5)nc(-c5ccc(-c6csc7ccccc67)cc5)n4)c([2H])c([2H])c32)c1[2H]. The van der Waals surface area contributed by atoms with Crippen molar-refractivity contribution in [1.82, 2.24) is 15.0 Å². The molecular weight excluding hydrogens is 583 g/mol. The molecule has 0 N–H and O–H groups in total. The summed E-state index contributed by atoms with van der Waals surface area (Å²) in [6.45, 7) is 0. The van der Waals surface area contributed by atoms with Gasteiger partial charge >= 0.3 is 0 Å². The van der Waals surface area contributed by atoms with Crippen LogP contribution in [0.4, 0.5) is 0 Å². The molecule has 3 heterocycles. The third-order valence-corrected chi connectivity index (χ3v) is 8.86. The topological polar surface area (TPSA) is 51.8 Å². The summed E-state index contributed by atoms with van der Waals surface area (Å²) in [5, 5.41) is 3.51. The van der Waals surface area contributed by atoms with E-state index in [0.29, 0.717) is 28.3 Å². The summed E-state index contributed by atoms with van der Waals surface area (Å²) in [4.78, 5) is 14.3. The van der Waals surface area contributed by atoms with E-state index in [9.17, 15) is 2.74 Å². The van der Waals surface area contributed by atoms with Gasteiger partial charge in [0.25, 0.3) is 0 Å². The molecule has 0 aliphatic heterocycles. The van der Waals surface area contributed by atoms with Gasteiger partial charge in [-0.05, 0) is 52.3 Å². The molecule has 3 aromatic heterocycles. The molecule has 9 aromatic rings. The number of fused-ring (bicyclic) bond motifs is 4. The van der Waals surface area contributed by atoms with Gasteiger partial charge in [0, 0.05) is 43.1 Å². The summed E-state index contributed by atoms with van der Waals surface area (Å²) >= 11 is 1.69. The Bertz CT molecular complexity index is 2860. The summed E-state index contributed by atoms with van der Waals surface area (Å²) in [6.07, 6.45) is 0. The Morgan fingerprint density at radius 1 is 0.457 bits per heavy atom. The molecule has 0 saturated carbocycles. The molecule has 5 heteroatoms. The van der Waals surface area contributed by atoms with Gasteiger partial charge in [-0.15, -0.1) is 11.3 Å². The number of nitrogens with zero attached hydrogens (tertiary/aromatic N) is 3. The molecular formula is C41H25N3OS. The second-order valence-electron chi connectivity index (χ2n) is 10.8. The van der Waals surface area contributed by atoms with Crippen molar-refractivity contribution in [3.63, 3.8) is 0 Å². The van der Waals surface area contributed by atoms with Gasteiger partial charge in [-0.3, -0.25) is 0 Å². The largest absolute Gasteiger partial charge is 0.456 e. The van der Waals surface area contributed by atoms with E-state index < -0.39 is 0 Å². The number of rotatable bonds is 5. The zero-order chi connectivity index (χ0) is 35.7. The highest BCUT2D eigenvalue weighted by molar-refractivity contribution is 7.17. The Labute approximate surface area is 277 Å². The zero-order valence-corrected chi connectivity index (χ0v) is 24.9. The van der Waals surface area contributed by atoms with Crippen LogP contribution < -0.4 is 0 Å². The quantitative estimate of drug-likeness (QED) is 0.194. The maximum atomic E-state index is 9.32. The van der Waals surface area contributed by atoms with Gasteiger partial charge in [0.1, 0.15) is 11.2 Å². The van der Waals surface area contributed by atoms with E-state index in [4.69, 9.17) is 24.9 Å². The van der Waals surface area contributed by atoms with E-state index in [1.807, 2.05) is 72.8 Å². The fraction of sp³-hybridized carbons (Fsp3) is 0. The van der Waals surface area contributed by atoms with Crippen molar-refractivity contribution in [2.75, 3.05) is 0 Å². The predicted molar refractivity (Wildman–Crippen MR) is 190 cm³/mol. The van der Waals surface area contributed by atoms with Gasteiger partial charge in [0.05, 0.1) is 8.22 Å². The number of thiophene rings is 1. The zero-order valence-electron chi connectivity index (χ0n) is 30.1. The highest BCUT2D eigenvalue weighted by Gasteiger charge is 2.16. The number of hydrogen-bond acceptors (Lipinski definition) is 5. The molecule has 0 aliphatic carbocycles. The lowest BCUT2D eigenvalue weighted by atomic mass is 10.0. The van der Waals surface area contributed by atoms with Gasteiger partial charge in [-0.1, -0.05) is 115 Å². The first-order chi connectivity index (χ1) is 25.3. The van der Waals surface area contributed by atoms with Crippen molar-refractivity contribution >= 4 is 43.4 Å². The van der Waals surface area contributed by atoms with Crippen LogP contribution in [0.3, 0.4) is 0 Å². The van der Waals surface area contributed by atoms with E-state index in [0.717, 1.165) is 11.1 Å². The average Bonchev–Trinajstić information content (AvgIpc) is 3.81. The lowest BCUT2D eigenvalue weighted by Crippen LogP contribution is -2.00. The van der Waals surface area contributed by atoms with Crippen molar-refractivity contribution in [3.8, 4) is 56.4 Å². The van der Waals surface area contributed by atoms with Crippen molar-refractivity contribution in [1.29, 1.82) is 0 Å². The van der Waals surface area contributed by atoms with Gasteiger partial charge in [0.15, 0.2) is 17.5 Å². The van der Waals surface area contributed by atoms with Gasteiger partial charge in [-0.25, -0.2) is 15.0 Å². The van der Waals surface area contributed by atoms with E-state index in [1.54, 1.807) is 35.6 Å². The molecule has 0 spiro atoms. The summed E-state index contributed by atoms with van der Waals surface area (Å²) in [5.41, 5.74) is 4.18. The maximum absolute atomic E-state index is 9.32. The van der Waals surface area contributed by atoms with Crippen LogP contribution in [0.15, 0.2) is 155 Å². The van der Waals surface area contributed by atoms with Crippen LogP contribution in [0.2, 0.25) is 0 Å². The average molecular weight is 614 g/mol. The summed E-state index contributed by atoms with van der Waals surface area (Å²) in [6, 6.07) is 33.0. The van der Waals surface area contributed by atoms with Gasteiger partial charge < -0.3 is 4.42 Å². The summed E-state index contributed by atoms with van der Waals surface area (Å²) in [7, 11) is 0. The van der Waals surface area contributed by atoms with Crippen molar-refractivity contribution < 1.29 is 12.6 Å². The molecule has 0 bridgehead atoms. The second-order valence-corrected chi connectivity index (χ2v) is 11.7. The molecule has 9 rings (SSSR count). The standard InChI is InChI=1S/C41H25N3OS/c1-3-9-26(10-4-1)30-20-22-36-34(23-30)32-21-19-31(24-37(32)45-36)41-43-39(28-11-5-2-6-12-28)42-40(44-41)29-17-15-27(16-18-29)35-25-46-38-14-8-7-13-33(35)38/h1-25H/i19D,20D,21D,22D,23D,24D. The Kier molecular flexibility index (Phi) is 4.97. The van der Waals surface area contributed by atoms with Crippen LogP contribution in [-0.4, -0.2) is 15.0 Å². The highest BCUT2D eigenvalue weighted by atomic mass is 32.1. The molecule has 0 aliphatic rings. The lowest BCUT2D eigenvalue weighted by molar-refractivity contribution is 0.669. The van der Waals surface area contributed by atoms with E-state index in [1.165, 1.54) is 10.1 Å². The maximum Gasteiger partial charge on any atom is 0.164 e. The van der Waals surface area contributed by atoms with E-state index >= 15 is 0 Å². The van der Waals surface area contributed by atoms with Crippen molar-refractivity contribution in [2.24, 2.45) is 0 Å². The minimum atomic E-state index is -0.321. The minimum Gasteiger partial charge on any atom is -0.456 e. The van der Waals surface area contributed by atoms with E-state index in [-0.39, 0.29) is 75.1 Å². The van der Waals surface area contributed by atoms with Gasteiger partial charge in [0.2, 0.25) is 0 Å². The second kappa shape index (κ2) is 10.9. The number of furan rings is 1. The number of aromatic nitrogens is 3. The van der Waals surface area contributed by atoms with Crippen molar-refractivity contribution in [3.05, 3.63) is 151 Å². The summed E-state index contributed by atoms with van der Waals surface area (Å²) in [5.74, 6) is 0.677. The molecule has 0 atom stereocenters. The van der Waals surface area contributed by atoms with Crippen LogP contribution in [0.1, 0.15) is 8.22 Å². The molecule has 0 unspecified atom stereocenters. The normalized spacial score (nSPS) is 13.3. The van der Waals surface area contributed by atoms with Crippen LogP contribution in [0.5, 0.6) is 0 Å². The molecule has 4 nitrogen and oxygen atoms in total. The molecule has 0 fully saturated rings. The smallest absolute Gasteiger partial charge is 0.164 e. The highest BCUT2D eigenvalue weighted by Crippen LogP contribution is 2.36. The minimum absolute atomic E-state index is 0.0194. The molecule has 0 saturated heterocycles. The Morgan fingerprint density at radius 3 is 1.83 bits per heavy atom. The monoisotopic (exact) mass is 613 g/mol. The Balaban J connectivity index is 1.24. The third kappa shape index (κ3) is 4.66. The Morgan fingerprint density at radius 2 is 1.07 bits per heavy atom. The number of hydrogen-bond donors (Lipinski definition) is 0. The van der Waals surface area contributed by atoms with Crippen LogP contribution in [0.25, 0.3) is 88.4 Å². The Hall–Kier alpha value is -5.91. The molecule has 0 amide bonds. The number of benzene rings is 6. The van der Waals surface area contributed by atoms with Crippen LogP contribution in [0, 0.1) is 0 Å². The van der Waals surface area contributed by atoms with Crippen LogP contribution in [-0.2, 0) is 0 Å². The molecule has 216 valence electrons. The molecule has 0 radical (unpaired) electrons. The third-order valence-electron chi connectivity index (χ3n) is 7.90. The fourth-order valence-corrected chi connectivity index (χ4v) is 6.56. The fourth-order valence-electron chi connectivity index (χ4n) is 5.59. The molecule has 6 aromatic carbocycles. The van der Waals surface area contributed by atoms with Crippen LogP contribution >= 0.6 is 11.3 Å². The van der Waals surface area contributed by atoms with E-state index in [2.05, 4.69) is 17.5 Å². The van der Waals surface area contributed by atoms with Gasteiger partial charge in [-0.2, -0.15) is 0 Å². The first kappa shape index (κ1) is 20.9. The first-order valence-electron chi connectivity index (χ1n) is 17.7. The molecule has 46 heavy (non-hydrogen) atoms. The first-order valence-corrected chi connectivity index (χ1v) is 15.6. The predicted octanol–water partition coefficient (Wildman–Crippen LogP) is 11.3. The lowest BCUT2D eigenvalue weighted by Gasteiger charge is -2.09. The van der Waals surface area contributed by atoms with Crippen molar-refractivity contribution in [2.45, 2.75) is 0 Å². The summed E-state index contributed by atoms with van der Waals surface area (Å²) < 4.78 is 61.6.